The Kier molecular flexibility index (Phi) is 4.23. The smallest absolute Gasteiger partial charge is 0.306 e. The molecule has 0 saturated carbocycles. The van der Waals surface area contributed by atoms with Gasteiger partial charge in [0, 0.05) is 11.1 Å². The predicted octanol–water partition coefficient (Wildman–Crippen LogP) is 3.14. The second-order valence-electron chi connectivity index (χ2n) is 6.57. The van der Waals surface area contributed by atoms with Crippen LogP contribution in [0.4, 0.5) is 0 Å². The van der Waals surface area contributed by atoms with Crippen molar-refractivity contribution in [1.82, 2.24) is 4.90 Å². The molecule has 1 rings (SSSR count). The summed E-state index contributed by atoms with van der Waals surface area (Å²) in [6, 6.07) is 0. The summed E-state index contributed by atoms with van der Waals surface area (Å²) in [4.78, 5) is 13.7. The van der Waals surface area contributed by atoms with Crippen molar-refractivity contribution < 1.29 is 9.90 Å². The fourth-order valence-corrected chi connectivity index (χ4v) is 3.41. The molecule has 0 radical (unpaired) electrons. The molecule has 0 spiro atoms. The summed E-state index contributed by atoms with van der Waals surface area (Å²) in [6.45, 7) is 12.0. The van der Waals surface area contributed by atoms with E-state index in [0.717, 1.165) is 19.4 Å². The number of nitrogens with zero attached hydrogens (tertiary/aromatic N) is 1. The SMILES string of the molecule is CCCCN1C(C)(C)CC(C(=O)O)CC1(C)C. The summed E-state index contributed by atoms with van der Waals surface area (Å²) in [7, 11) is 0. The van der Waals surface area contributed by atoms with Crippen LogP contribution in [0.5, 0.6) is 0 Å². The number of unbranched alkanes of at least 4 members (excludes halogenated alkanes) is 1. The molecule has 1 N–H and O–H groups in total. The van der Waals surface area contributed by atoms with Gasteiger partial charge in [-0.25, -0.2) is 0 Å². The van der Waals surface area contributed by atoms with E-state index in [1.165, 1.54) is 12.8 Å². The van der Waals surface area contributed by atoms with Crippen LogP contribution in [0.2, 0.25) is 0 Å². The minimum Gasteiger partial charge on any atom is -0.481 e. The van der Waals surface area contributed by atoms with Gasteiger partial charge in [-0.3, -0.25) is 9.69 Å². The normalized spacial score (nSPS) is 24.8. The third-order valence-corrected chi connectivity index (χ3v) is 4.04. The molecule has 17 heavy (non-hydrogen) atoms. The van der Waals surface area contributed by atoms with Crippen molar-refractivity contribution in [3.63, 3.8) is 0 Å². The number of carbonyl (C=O) groups is 1. The minimum absolute atomic E-state index is 0.0139. The van der Waals surface area contributed by atoms with Gasteiger partial charge >= 0.3 is 5.97 Å². The van der Waals surface area contributed by atoms with Gasteiger partial charge in [-0.2, -0.15) is 0 Å². The number of piperidine rings is 1. The first-order chi connectivity index (χ1) is 7.70. The maximum atomic E-state index is 11.2. The summed E-state index contributed by atoms with van der Waals surface area (Å²) in [5, 5.41) is 9.25. The summed E-state index contributed by atoms with van der Waals surface area (Å²) < 4.78 is 0. The van der Waals surface area contributed by atoms with Gasteiger partial charge < -0.3 is 5.11 Å². The highest BCUT2D eigenvalue weighted by atomic mass is 16.4. The number of aliphatic carboxylic acids is 1. The molecule has 0 aromatic heterocycles. The first-order valence-corrected chi connectivity index (χ1v) is 6.71. The minimum atomic E-state index is -0.638. The van der Waals surface area contributed by atoms with E-state index in [-0.39, 0.29) is 17.0 Å². The van der Waals surface area contributed by atoms with Crippen molar-refractivity contribution in [3.05, 3.63) is 0 Å². The topological polar surface area (TPSA) is 40.5 Å². The van der Waals surface area contributed by atoms with Crippen LogP contribution in [0.15, 0.2) is 0 Å². The maximum Gasteiger partial charge on any atom is 0.306 e. The van der Waals surface area contributed by atoms with Crippen molar-refractivity contribution in [2.45, 2.75) is 71.4 Å². The molecular weight excluding hydrogens is 214 g/mol. The van der Waals surface area contributed by atoms with Crippen molar-refractivity contribution in [2.75, 3.05) is 6.54 Å². The van der Waals surface area contributed by atoms with Crippen molar-refractivity contribution in [2.24, 2.45) is 5.92 Å². The van der Waals surface area contributed by atoms with Gasteiger partial charge in [0.25, 0.3) is 0 Å². The van der Waals surface area contributed by atoms with Crippen molar-refractivity contribution in [3.8, 4) is 0 Å². The van der Waals surface area contributed by atoms with E-state index in [9.17, 15) is 9.90 Å². The fourth-order valence-electron chi connectivity index (χ4n) is 3.41. The van der Waals surface area contributed by atoms with Crippen LogP contribution in [0, 0.1) is 5.92 Å². The van der Waals surface area contributed by atoms with Crippen LogP contribution in [0.3, 0.4) is 0 Å². The maximum absolute atomic E-state index is 11.2. The summed E-state index contributed by atoms with van der Waals surface area (Å²) in [5.41, 5.74) is -0.0278. The van der Waals surface area contributed by atoms with E-state index in [2.05, 4.69) is 39.5 Å². The summed E-state index contributed by atoms with van der Waals surface area (Å²) >= 11 is 0. The first-order valence-electron chi connectivity index (χ1n) is 6.71. The van der Waals surface area contributed by atoms with Gasteiger partial charge in [0.15, 0.2) is 0 Å². The van der Waals surface area contributed by atoms with Crippen LogP contribution >= 0.6 is 0 Å². The third kappa shape index (κ3) is 3.21. The zero-order valence-electron chi connectivity index (χ0n) is 11.9. The molecule has 0 unspecified atom stereocenters. The Labute approximate surface area is 105 Å². The molecule has 1 aliphatic rings. The summed E-state index contributed by atoms with van der Waals surface area (Å²) in [6.07, 6.45) is 3.89. The van der Waals surface area contributed by atoms with Crippen LogP contribution < -0.4 is 0 Å². The average Bonchev–Trinajstić information content (AvgIpc) is 2.14. The Bertz CT molecular complexity index is 266. The number of hydrogen-bond acceptors (Lipinski definition) is 2. The molecular formula is C14H27NO2. The van der Waals surface area contributed by atoms with E-state index in [4.69, 9.17) is 0 Å². The van der Waals surface area contributed by atoms with E-state index in [1.807, 2.05) is 0 Å². The van der Waals surface area contributed by atoms with Crippen LogP contribution in [0.1, 0.15) is 60.3 Å². The Hall–Kier alpha value is -0.570. The molecule has 0 amide bonds. The lowest BCUT2D eigenvalue weighted by molar-refractivity contribution is -0.150. The lowest BCUT2D eigenvalue weighted by atomic mass is 9.73. The standard InChI is InChI=1S/C14H27NO2/c1-6-7-8-15-13(2,3)9-11(12(16)17)10-14(15,4)5/h11H,6-10H2,1-5H3,(H,16,17). The second kappa shape index (κ2) is 4.97. The quantitative estimate of drug-likeness (QED) is 0.822. The summed E-state index contributed by atoms with van der Waals surface area (Å²) in [5.74, 6) is -0.834. The molecule has 0 aromatic rings. The molecule has 0 atom stereocenters. The largest absolute Gasteiger partial charge is 0.481 e. The molecule has 1 aliphatic heterocycles. The van der Waals surface area contributed by atoms with E-state index < -0.39 is 5.97 Å². The van der Waals surface area contributed by atoms with E-state index >= 15 is 0 Å². The Morgan fingerprint density at radius 3 is 2.06 bits per heavy atom. The molecule has 1 heterocycles. The van der Waals surface area contributed by atoms with Gasteiger partial charge in [0.2, 0.25) is 0 Å². The zero-order valence-corrected chi connectivity index (χ0v) is 11.9. The average molecular weight is 241 g/mol. The van der Waals surface area contributed by atoms with E-state index in [0.29, 0.717) is 0 Å². The van der Waals surface area contributed by atoms with Crippen molar-refractivity contribution >= 4 is 5.97 Å². The monoisotopic (exact) mass is 241 g/mol. The predicted molar refractivity (Wildman–Crippen MR) is 70.1 cm³/mol. The molecule has 1 saturated heterocycles. The lowest BCUT2D eigenvalue weighted by Crippen LogP contribution is -2.61. The number of carboxylic acids is 1. The molecule has 0 bridgehead atoms. The highest BCUT2D eigenvalue weighted by Crippen LogP contribution is 2.41. The zero-order chi connectivity index (χ0) is 13.3. The van der Waals surface area contributed by atoms with Gasteiger partial charge in [0.05, 0.1) is 5.92 Å². The van der Waals surface area contributed by atoms with Gasteiger partial charge in [0.1, 0.15) is 0 Å². The van der Waals surface area contributed by atoms with Crippen molar-refractivity contribution in [1.29, 1.82) is 0 Å². The molecule has 3 nitrogen and oxygen atoms in total. The van der Waals surface area contributed by atoms with Crippen LogP contribution in [0.25, 0.3) is 0 Å². The Morgan fingerprint density at radius 1 is 1.24 bits per heavy atom. The number of hydrogen-bond donors (Lipinski definition) is 1. The molecule has 0 aromatic carbocycles. The van der Waals surface area contributed by atoms with Crippen LogP contribution in [-0.4, -0.2) is 33.6 Å². The highest BCUT2D eigenvalue weighted by molar-refractivity contribution is 5.70. The number of carboxylic acid groups (broad SMARTS) is 1. The number of rotatable bonds is 4. The van der Waals surface area contributed by atoms with E-state index in [1.54, 1.807) is 0 Å². The highest BCUT2D eigenvalue weighted by Gasteiger charge is 2.46. The van der Waals surface area contributed by atoms with Crippen LogP contribution in [-0.2, 0) is 4.79 Å². The van der Waals surface area contributed by atoms with Gasteiger partial charge in [-0.05, 0) is 53.5 Å². The molecule has 1 fully saturated rings. The first kappa shape index (κ1) is 14.5. The molecule has 3 heteroatoms. The molecule has 0 aliphatic carbocycles. The molecule has 100 valence electrons. The Morgan fingerprint density at radius 2 is 1.71 bits per heavy atom. The number of likely N-dealkylation sites (tertiary alicyclic amines) is 1. The Balaban J connectivity index is 2.87. The third-order valence-electron chi connectivity index (χ3n) is 4.04. The lowest BCUT2D eigenvalue weighted by Gasteiger charge is -2.54. The van der Waals surface area contributed by atoms with Gasteiger partial charge in [-0.15, -0.1) is 0 Å². The fraction of sp³-hybridized carbons (Fsp3) is 0.929. The van der Waals surface area contributed by atoms with Gasteiger partial charge in [-0.1, -0.05) is 13.3 Å². The second-order valence-corrected chi connectivity index (χ2v) is 6.57.